The van der Waals surface area contributed by atoms with Crippen LogP contribution in [-0.4, -0.2) is 28.2 Å². The van der Waals surface area contributed by atoms with Crippen molar-refractivity contribution >= 4 is 33.2 Å². The van der Waals surface area contributed by atoms with Gasteiger partial charge in [-0.1, -0.05) is 23.2 Å². The molecule has 0 radical (unpaired) electrons. The van der Waals surface area contributed by atoms with Crippen molar-refractivity contribution in [1.29, 1.82) is 0 Å². The summed E-state index contributed by atoms with van der Waals surface area (Å²) in [5.41, 5.74) is 0. The fraction of sp³-hybridized carbons (Fsp3) is 0.250. The summed E-state index contributed by atoms with van der Waals surface area (Å²) in [7, 11) is -2.22. The average Bonchev–Trinajstić information content (AvgIpc) is 2.55. The Morgan fingerprint density at radius 1 is 1.08 bits per heavy atom. The van der Waals surface area contributed by atoms with Crippen LogP contribution in [0.15, 0.2) is 47.4 Å². The largest absolute Gasteiger partial charge is 0.497 e. The zero-order chi connectivity index (χ0) is 17.7. The van der Waals surface area contributed by atoms with Crippen LogP contribution < -0.4 is 14.2 Å². The van der Waals surface area contributed by atoms with Gasteiger partial charge in [-0.25, -0.2) is 13.1 Å². The van der Waals surface area contributed by atoms with E-state index in [9.17, 15) is 8.42 Å². The summed E-state index contributed by atoms with van der Waals surface area (Å²) in [6, 6.07) is 10.8. The van der Waals surface area contributed by atoms with Crippen LogP contribution in [0.5, 0.6) is 11.5 Å². The van der Waals surface area contributed by atoms with E-state index >= 15 is 0 Å². The second kappa shape index (κ2) is 8.07. The minimum atomic E-state index is -3.79. The number of sulfonamides is 1. The second-order valence-electron chi connectivity index (χ2n) is 5.08. The first kappa shape index (κ1) is 18.9. The van der Waals surface area contributed by atoms with Crippen molar-refractivity contribution < 1.29 is 17.9 Å². The number of hydrogen-bond donors (Lipinski definition) is 1. The quantitative estimate of drug-likeness (QED) is 0.782. The maximum atomic E-state index is 12.4. The number of ether oxygens (including phenoxy) is 2. The van der Waals surface area contributed by atoms with Crippen LogP contribution in [0.25, 0.3) is 0 Å². The SMILES string of the molecule is COc1ccc(OC[C@@H](C)NS(=O)(=O)c2cc(Cl)ccc2Cl)cc1. The van der Waals surface area contributed by atoms with Crippen molar-refractivity contribution in [3.63, 3.8) is 0 Å². The van der Waals surface area contributed by atoms with E-state index in [1.165, 1.54) is 18.2 Å². The van der Waals surface area contributed by atoms with E-state index in [1.54, 1.807) is 38.3 Å². The average molecular weight is 390 g/mol. The predicted octanol–water partition coefficient (Wildman–Crippen LogP) is 3.75. The molecule has 130 valence electrons. The Labute approximate surface area is 151 Å². The Morgan fingerprint density at radius 2 is 1.71 bits per heavy atom. The van der Waals surface area contributed by atoms with Gasteiger partial charge in [0, 0.05) is 5.02 Å². The van der Waals surface area contributed by atoms with Crippen LogP contribution in [0.4, 0.5) is 0 Å². The van der Waals surface area contributed by atoms with Crippen molar-refractivity contribution in [2.45, 2.75) is 17.9 Å². The Bertz CT molecular complexity index is 794. The molecule has 0 unspecified atom stereocenters. The first-order valence-electron chi connectivity index (χ1n) is 7.06. The highest BCUT2D eigenvalue weighted by Crippen LogP contribution is 2.25. The lowest BCUT2D eigenvalue weighted by atomic mass is 10.3. The maximum absolute atomic E-state index is 12.4. The highest BCUT2D eigenvalue weighted by atomic mass is 35.5. The maximum Gasteiger partial charge on any atom is 0.242 e. The smallest absolute Gasteiger partial charge is 0.242 e. The number of methoxy groups -OCH3 is 1. The van der Waals surface area contributed by atoms with Crippen molar-refractivity contribution in [2.24, 2.45) is 0 Å². The number of rotatable bonds is 7. The third kappa shape index (κ3) is 5.01. The van der Waals surface area contributed by atoms with Crippen LogP contribution in [0.1, 0.15) is 6.92 Å². The van der Waals surface area contributed by atoms with Crippen LogP contribution in [-0.2, 0) is 10.0 Å². The lowest BCUT2D eigenvalue weighted by Crippen LogP contribution is -2.36. The molecule has 0 amide bonds. The molecule has 5 nitrogen and oxygen atoms in total. The fourth-order valence-electron chi connectivity index (χ4n) is 1.94. The van der Waals surface area contributed by atoms with Gasteiger partial charge in [0.25, 0.3) is 0 Å². The molecule has 24 heavy (non-hydrogen) atoms. The minimum absolute atomic E-state index is 0.0621. The van der Waals surface area contributed by atoms with E-state index in [-0.39, 0.29) is 16.5 Å². The molecule has 0 spiro atoms. The standard InChI is InChI=1S/C16H17Cl2NO4S/c1-11(10-23-14-6-4-13(22-2)5-7-14)19-24(20,21)16-9-12(17)3-8-15(16)18/h3-9,11,19H,10H2,1-2H3/t11-/m1/s1. The van der Waals surface area contributed by atoms with Crippen molar-refractivity contribution in [3.05, 3.63) is 52.5 Å². The molecule has 2 aromatic rings. The van der Waals surface area contributed by atoms with Gasteiger partial charge in [0.1, 0.15) is 23.0 Å². The first-order chi connectivity index (χ1) is 11.3. The molecule has 0 saturated carbocycles. The molecule has 0 heterocycles. The van der Waals surface area contributed by atoms with Gasteiger partial charge < -0.3 is 9.47 Å². The van der Waals surface area contributed by atoms with Crippen LogP contribution in [0, 0.1) is 0 Å². The molecule has 2 rings (SSSR count). The summed E-state index contributed by atoms with van der Waals surface area (Å²) in [5, 5.41) is 0.400. The van der Waals surface area contributed by atoms with E-state index in [0.29, 0.717) is 16.5 Å². The summed E-state index contributed by atoms with van der Waals surface area (Å²) >= 11 is 11.8. The normalized spacial score (nSPS) is 12.7. The third-order valence-electron chi connectivity index (χ3n) is 3.10. The predicted molar refractivity (Wildman–Crippen MR) is 94.7 cm³/mol. The van der Waals surface area contributed by atoms with E-state index in [2.05, 4.69) is 4.72 Å². The molecule has 0 bridgehead atoms. The summed E-state index contributed by atoms with van der Waals surface area (Å²) in [6.07, 6.45) is 0. The van der Waals surface area contributed by atoms with Gasteiger partial charge in [0.2, 0.25) is 10.0 Å². The highest BCUT2D eigenvalue weighted by Gasteiger charge is 2.21. The number of hydrogen-bond acceptors (Lipinski definition) is 4. The van der Waals surface area contributed by atoms with Crippen molar-refractivity contribution in [1.82, 2.24) is 4.72 Å². The Hall–Kier alpha value is -1.47. The topological polar surface area (TPSA) is 64.6 Å². The molecule has 0 fully saturated rings. The van der Waals surface area contributed by atoms with Gasteiger partial charge in [-0.15, -0.1) is 0 Å². The molecule has 2 aromatic carbocycles. The van der Waals surface area contributed by atoms with E-state index < -0.39 is 16.1 Å². The Morgan fingerprint density at radius 3 is 2.33 bits per heavy atom. The number of benzene rings is 2. The zero-order valence-corrected chi connectivity index (χ0v) is 15.5. The molecule has 1 atom stereocenters. The van der Waals surface area contributed by atoms with E-state index in [0.717, 1.165) is 0 Å². The van der Waals surface area contributed by atoms with Gasteiger partial charge in [-0.3, -0.25) is 0 Å². The van der Waals surface area contributed by atoms with Crippen LogP contribution in [0.2, 0.25) is 10.0 Å². The molecule has 8 heteroatoms. The minimum Gasteiger partial charge on any atom is -0.497 e. The van der Waals surface area contributed by atoms with Gasteiger partial charge in [-0.05, 0) is 49.4 Å². The van der Waals surface area contributed by atoms with Gasteiger partial charge in [0.15, 0.2) is 0 Å². The Kier molecular flexibility index (Phi) is 6.34. The van der Waals surface area contributed by atoms with Gasteiger partial charge >= 0.3 is 0 Å². The molecule has 0 aliphatic carbocycles. The lowest BCUT2D eigenvalue weighted by Gasteiger charge is -2.16. The first-order valence-corrected chi connectivity index (χ1v) is 9.30. The fourth-order valence-corrected chi connectivity index (χ4v) is 3.93. The molecule has 0 aromatic heterocycles. The van der Waals surface area contributed by atoms with Gasteiger partial charge in [-0.2, -0.15) is 0 Å². The van der Waals surface area contributed by atoms with Crippen LogP contribution >= 0.6 is 23.2 Å². The second-order valence-corrected chi connectivity index (χ2v) is 7.61. The molecular weight excluding hydrogens is 373 g/mol. The molecular formula is C16H17Cl2NO4S. The number of nitrogens with one attached hydrogen (secondary N) is 1. The Balaban J connectivity index is 2.00. The molecule has 1 N–H and O–H groups in total. The monoisotopic (exact) mass is 389 g/mol. The molecule has 0 aliphatic rings. The number of halogens is 2. The molecule has 0 saturated heterocycles. The summed E-state index contributed by atoms with van der Waals surface area (Å²) < 4.78 is 37.9. The molecule has 0 aliphatic heterocycles. The van der Waals surface area contributed by atoms with Crippen LogP contribution in [0.3, 0.4) is 0 Å². The van der Waals surface area contributed by atoms with Crippen molar-refractivity contribution in [2.75, 3.05) is 13.7 Å². The third-order valence-corrected chi connectivity index (χ3v) is 5.40. The lowest BCUT2D eigenvalue weighted by molar-refractivity contribution is 0.287. The summed E-state index contributed by atoms with van der Waals surface area (Å²) in [4.78, 5) is -0.0621. The highest BCUT2D eigenvalue weighted by molar-refractivity contribution is 7.89. The summed E-state index contributed by atoms with van der Waals surface area (Å²) in [6.45, 7) is 1.85. The summed E-state index contributed by atoms with van der Waals surface area (Å²) in [5.74, 6) is 1.33. The van der Waals surface area contributed by atoms with Gasteiger partial charge in [0.05, 0.1) is 18.2 Å². The van der Waals surface area contributed by atoms with E-state index in [4.69, 9.17) is 32.7 Å². The zero-order valence-electron chi connectivity index (χ0n) is 13.1. The van der Waals surface area contributed by atoms with Crippen molar-refractivity contribution in [3.8, 4) is 11.5 Å². The van der Waals surface area contributed by atoms with E-state index in [1.807, 2.05) is 0 Å².